The number of aliphatic hydroxyl groups excluding tert-OH is 1. The van der Waals surface area contributed by atoms with Crippen LogP contribution in [0.1, 0.15) is 30.4 Å². The van der Waals surface area contributed by atoms with Crippen molar-refractivity contribution in [2.75, 3.05) is 13.2 Å². The Kier molecular flexibility index (Phi) is 5.78. The molecule has 0 amide bonds. The molecule has 2 aromatic rings. The molecule has 1 unspecified atom stereocenters. The lowest BCUT2D eigenvalue weighted by Crippen LogP contribution is -2.35. The van der Waals surface area contributed by atoms with Crippen LogP contribution in [0.5, 0.6) is 0 Å². The van der Waals surface area contributed by atoms with Gasteiger partial charge in [0.1, 0.15) is 0 Å². The first-order valence-corrected chi connectivity index (χ1v) is 7.29. The molecular weight excluding hydrogens is 246 g/mol. The molecule has 0 fully saturated rings. The van der Waals surface area contributed by atoms with E-state index in [-0.39, 0.29) is 12.6 Å². The molecule has 2 N–H and O–H groups in total. The van der Waals surface area contributed by atoms with E-state index in [1.807, 2.05) is 12.1 Å². The van der Waals surface area contributed by atoms with Crippen LogP contribution in [0.2, 0.25) is 0 Å². The van der Waals surface area contributed by atoms with E-state index in [1.54, 1.807) is 0 Å². The van der Waals surface area contributed by atoms with Crippen molar-refractivity contribution in [2.45, 2.75) is 25.3 Å². The second-order valence-electron chi connectivity index (χ2n) is 5.07. The molecular formula is C18H23NO. The third-order valence-corrected chi connectivity index (χ3v) is 3.73. The van der Waals surface area contributed by atoms with Crippen molar-refractivity contribution in [1.29, 1.82) is 0 Å². The van der Waals surface area contributed by atoms with Gasteiger partial charge in [0.25, 0.3) is 0 Å². The SMILES string of the molecule is CCC(CO)NCC(c1ccccc1)c1ccccc1. The maximum atomic E-state index is 9.32. The van der Waals surface area contributed by atoms with Crippen molar-refractivity contribution in [3.63, 3.8) is 0 Å². The first-order valence-electron chi connectivity index (χ1n) is 7.29. The fourth-order valence-corrected chi connectivity index (χ4v) is 2.42. The average molecular weight is 269 g/mol. The van der Waals surface area contributed by atoms with Crippen molar-refractivity contribution >= 4 is 0 Å². The van der Waals surface area contributed by atoms with Crippen LogP contribution in [0, 0.1) is 0 Å². The zero-order valence-corrected chi connectivity index (χ0v) is 12.0. The standard InChI is InChI=1S/C18H23NO/c1-2-17(14-20)19-13-18(15-9-5-3-6-10-15)16-11-7-4-8-12-16/h3-12,17-20H,2,13-14H2,1H3. The third-order valence-electron chi connectivity index (χ3n) is 3.73. The molecule has 2 rings (SSSR count). The summed E-state index contributed by atoms with van der Waals surface area (Å²) < 4.78 is 0. The fourth-order valence-electron chi connectivity index (χ4n) is 2.42. The summed E-state index contributed by atoms with van der Waals surface area (Å²) in [5, 5.41) is 12.8. The van der Waals surface area contributed by atoms with Crippen molar-refractivity contribution in [3.8, 4) is 0 Å². The van der Waals surface area contributed by atoms with E-state index in [1.165, 1.54) is 11.1 Å². The van der Waals surface area contributed by atoms with E-state index in [4.69, 9.17) is 0 Å². The summed E-state index contributed by atoms with van der Waals surface area (Å²) in [4.78, 5) is 0. The summed E-state index contributed by atoms with van der Waals surface area (Å²) in [7, 11) is 0. The predicted octanol–water partition coefficient (Wildman–Crippen LogP) is 3.18. The highest BCUT2D eigenvalue weighted by Gasteiger charge is 2.15. The van der Waals surface area contributed by atoms with Gasteiger partial charge in [0.15, 0.2) is 0 Å². The van der Waals surface area contributed by atoms with Gasteiger partial charge in [0, 0.05) is 18.5 Å². The van der Waals surface area contributed by atoms with Gasteiger partial charge in [-0.1, -0.05) is 67.6 Å². The van der Waals surface area contributed by atoms with E-state index >= 15 is 0 Å². The Hall–Kier alpha value is -1.64. The molecule has 2 nitrogen and oxygen atoms in total. The Balaban J connectivity index is 2.17. The highest BCUT2D eigenvalue weighted by molar-refractivity contribution is 5.32. The molecule has 0 heterocycles. The van der Waals surface area contributed by atoms with Crippen LogP contribution in [-0.2, 0) is 0 Å². The first-order chi connectivity index (χ1) is 9.85. The van der Waals surface area contributed by atoms with Crippen molar-refractivity contribution in [1.82, 2.24) is 5.32 Å². The van der Waals surface area contributed by atoms with Crippen molar-refractivity contribution < 1.29 is 5.11 Å². The second-order valence-corrected chi connectivity index (χ2v) is 5.07. The van der Waals surface area contributed by atoms with Crippen LogP contribution in [0.3, 0.4) is 0 Å². The summed E-state index contributed by atoms with van der Waals surface area (Å²) in [5.41, 5.74) is 2.61. The third kappa shape index (κ3) is 3.92. The van der Waals surface area contributed by atoms with Gasteiger partial charge >= 0.3 is 0 Å². The molecule has 0 radical (unpaired) electrons. The molecule has 2 aromatic carbocycles. The summed E-state index contributed by atoms with van der Waals surface area (Å²) in [5.74, 6) is 0.318. The Bertz CT molecular complexity index is 440. The number of rotatable bonds is 7. The van der Waals surface area contributed by atoms with Gasteiger partial charge < -0.3 is 10.4 Å². The molecule has 1 atom stereocenters. The molecule has 0 saturated carbocycles. The topological polar surface area (TPSA) is 32.3 Å². The Labute approximate surface area is 121 Å². The largest absolute Gasteiger partial charge is 0.395 e. The summed E-state index contributed by atoms with van der Waals surface area (Å²) in [6.07, 6.45) is 0.937. The Morgan fingerprint density at radius 3 is 1.80 bits per heavy atom. The zero-order valence-electron chi connectivity index (χ0n) is 12.0. The zero-order chi connectivity index (χ0) is 14.2. The molecule has 0 saturated heterocycles. The predicted molar refractivity (Wildman–Crippen MR) is 83.9 cm³/mol. The van der Waals surface area contributed by atoms with E-state index < -0.39 is 0 Å². The summed E-state index contributed by atoms with van der Waals surface area (Å²) >= 11 is 0. The smallest absolute Gasteiger partial charge is 0.0584 e. The Morgan fingerprint density at radius 2 is 1.40 bits per heavy atom. The van der Waals surface area contributed by atoms with Crippen LogP contribution < -0.4 is 5.32 Å². The molecule has 0 spiro atoms. The molecule has 0 aliphatic carbocycles. The van der Waals surface area contributed by atoms with Crippen molar-refractivity contribution in [2.24, 2.45) is 0 Å². The van der Waals surface area contributed by atoms with Gasteiger partial charge in [-0.05, 0) is 17.5 Å². The number of hydrogen-bond donors (Lipinski definition) is 2. The lowest BCUT2D eigenvalue weighted by molar-refractivity contribution is 0.238. The van der Waals surface area contributed by atoms with Crippen molar-refractivity contribution in [3.05, 3.63) is 71.8 Å². The summed E-state index contributed by atoms with van der Waals surface area (Å²) in [6.45, 7) is 3.12. The molecule has 0 aromatic heterocycles. The minimum Gasteiger partial charge on any atom is -0.395 e. The molecule has 2 heteroatoms. The normalized spacial score (nSPS) is 12.6. The lowest BCUT2D eigenvalue weighted by atomic mass is 9.91. The monoisotopic (exact) mass is 269 g/mol. The van der Waals surface area contributed by atoms with E-state index in [9.17, 15) is 5.11 Å². The van der Waals surface area contributed by atoms with Crippen LogP contribution in [0.15, 0.2) is 60.7 Å². The number of nitrogens with one attached hydrogen (secondary N) is 1. The Morgan fingerprint density at radius 1 is 0.900 bits per heavy atom. The van der Waals surface area contributed by atoms with Crippen LogP contribution in [0.25, 0.3) is 0 Å². The number of hydrogen-bond acceptors (Lipinski definition) is 2. The fraction of sp³-hybridized carbons (Fsp3) is 0.333. The van der Waals surface area contributed by atoms with E-state index in [0.29, 0.717) is 5.92 Å². The minimum absolute atomic E-state index is 0.171. The average Bonchev–Trinajstić information content (AvgIpc) is 2.53. The van der Waals surface area contributed by atoms with E-state index in [2.05, 4.69) is 60.8 Å². The highest BCUT2D eigenvalue weighted by Crippen LogP contribution is 2.23. The molecule has 20 heavy (non-hydrogen) atoms. The quantitative estimate of drug-likeness (QED) is 0.809. The van der Waals surface area contributed by atoms with Gasteiger partial charge in [-0.3, -0.25) is 0 Å². The highest BCUT2D eigenvalue weighted by atomic mass is 16.3. The second kappa shape index (κ2) is 7.83. The lowest BCUT2D eigenvalue weighted by Gasteiger charge is -2.22. The van der Waals surface area contributed by atoms with Crippen LogP contribution >= 0.6 is 0 Å². The van der Waals surface area contributed by atoms with Crippen LogP contribution in [-0.4, -0.2) is 24.3 Å². The minimum atomic E-state index is 0.171. The van der Waals surface area contributed by atoms with Crippen LogP contribution in [0.4, 0.5) is 0 Å². The maximum Gasteiger partial charge on any atom is 0.0584 e. The molecule has 0 bridgehead atoms. The summed E-state index contributed by atoms with van der Waals surface area (Å²) in [6, 6.07) is 21.2. The first kappa shape index (κ1) is 14.8. The number of aliphatic hydroxyl groups is 1. The molecule has 0 aliphatic heterocycles. The van der Waals surface area contributed by atoms with Gasteiger partial charge in [0.2, 0.25) is 0 Å². The van der Waals surface area contributed by atoms with Gasteiger partial charge in [0.05, 0.1) is 6.61 Å². The van der Waals surface area contributed by atoms with Gasteiger partial charge in [-0.15, -0.1) is 0 Å². The number of benzene rings is 2. The molecule has 0 aliphatic rings. The van der Waals surface area contributed by atoms with Gasteiger partial charge in [-0.2, -0.15) is 0 Å². The maximum absolute atomic E-state index is 9.32. The van der Waals surface area contributed by atoms with E-state index in [0.717, 1.165) is 13.0 Å². The van der Waals surface area contributed by atoms with Gasteiger partial charge in [-0.25, -0.2) is 0 Å². The molecule has 106 valence electrons.